The van der Waals surface area contributed by atoms with Gasteiger partial charge in [-0.25, -0.2) is 0 Å². The summed E-state index contributed by atoms with van der Waals surface area (Å²) in [5.74, 6) is 1.25. The van der Waals surface area contributed by atoms with Crippen LogP contribution < -0.4 is 0 Å². The zero-order chi connectivity index (χ0) is 25.7. The van der Waals surface area contributed by atoms with E-state index in [0.29, 0.717) is 11.8 Å². The third-order valence-corrected chi connectivity index (χ3v) is 9.40. The molecule has 2 saturated heterocycles. The second-order valence-electron chi connectivity index (χ2n) is 11.8. The Kier molecular flexibility index (Phi) is 8.56. The molecule has 0 aromatic heterocycles. The van der Waals surface area contributed by atoms with E-state index >= 15 is 0 Å². The Morgan fingerprint density at radius 2 is 1.03 bits per heavy atom. The summed E-state index contributed by atoms with van der Waals surface area (Å²) in [5.41, 5.74) is 7.33. The van der Waals surface area contributed by atoms with E-state index in [0.717, 1.165) is 76.8 Å². The minimum Gasteiger partial charge on any atom is -0.379 e. The van der Waals surface area contributed by atoms with E-state index in [2.05, 4.69) is 46.2 Å². The van der Waals surface area contributed by atoms with Crippen molar-refractivity contribution in [3.05, 3.63) is 69.8 Å². The molecule has 5 nitrogen and oxygen atoms in total. The van der Waals surface area contributed by atoms with Gasteiger partial charge in [-0.2, -0.15) is 0 Å². The Balaban J connectivity index is 1.38. The van der Waals surface area contributed by atoms with Gasteiger partial charge in [-0.3, -0.25) is 14.6 Å². The Morgan fingerprint density at radius 1 is 0.632 bits per heavy atom. The second-order valence-corrected chi connectivity index (χ2v) is 11.8. The molecule has 0 radical (unpaired) electrons. The maximum absolute atomic E-state index is 14.6. The second kappa shape index (κ2) is 12.4. The van der Waals surface area contributed by atoms with Crippen LogP contribution in [0.1, 0.15) is 101 Å². The summed E-state index contributed by atoms with van der Waals surface area (Å²) in [5, 5.41) is 0. The number of ether oxygens (including phenoxy) is 2. The number of rotatable bonds is 8. The third-order valence-electron chi connectivity index (χ3n) is 9.40. The van der Waals surface area contributed by atoms with Crippen LogP contribution in [0.25, 0.3) is 0 Å². The fraction of sp³-hybridized carbons (Fsp3) is 0.606. The Labute approximate surface area is 228 Å². The van der Waals surface area contributed by atoms with E-state index in [1.807, 2.05) is 0 Å². The van der Waals surface area contributed by atoms with Gasteiger partial charge in [0.2, 0.25) is 0 Å². The van der Waals surface area contributed by atoms with E-state index < -0.39 is 0 Å². The van der Waals surface area contributed by atoms with E-state index in [1.54, 1.807) is 0 Å². The Morgan fingerprint density at radius 3 is 1.42 bits per heavy atom. The summed E-state index contributed by atoms with van der Waals surface area (Å²) in [6.07, 6.45) is 9.89. The molecule has 4 fully saturated rings. The maximum Gasteiger partial charge on any atom is 0.193 e. The van der Waals surface area contributed by atoms with Crippen molar-refractivity contribution >= 4 is 5.78 Å². The molecule has 0 amide bonds. The van der Waals surface area contributed by atoms with Crippen molar-refractivity contribution in [1.82, 2.24) is 9.80 Å². The number of carbonyl (C=O) groups is 1. The van der Waals surface area contributed by atoms with Crippen LogP contribution in [0.3, 0.4) is 0 Å². The first-order valence-electron chi connectivity index (χ1n) is 15.2. The highest BCUT2D eigenvalue weighted by Gasteiger charge is 2.31. The molecule has 2 aromatic carbocycles. The minimum absolute atomic E-state index is 0.251. The van der Waals surface area contributed by atoms with Crippen molar-refractivity contribution in [3.8, 4) is 0 Å². The first-order chi connectivity index (χ1) is 18.8. The molecule has 0 atom stereocenters. The number of ketones is 1. The molecule has 2 heterocycles. The smallest absolute Gasteiger partial charge is 0.193 e. The van der Waals surface area contributed by atoms with Crippen LogP contribution in [0.4, 0.5) is 0 Å². The zero-order valence-corrected chi connectivity index (χ0v) is 23.0. The first-order valence-corrected chi connectivity index (χ1v) is 15.2. The quantitative estimate of drug-likeness (QED) is 0.409. The lowest BCUT2D eigenvalue weighted by atomic mass is 9.81. The molecule has 204 valence electrons. The molecule has 2 saturated carbocycles. The van der Waals surface area contributed by atoms with Crippen LogP contribution in [0.5, 0.6) is 0 Å². The minimum atomic E-state index is 0.251. The van der Waals surface area contributed by atoms with Gasteiger partial charge in [0.15, 0.2) is 5.78 Å². The largest absolute Gasteiger partial charge is 0.379 e. The normalized spacial score (nSPS) is 22.3. The monoisotopic (exact) mass is 516 g/mol. The van der Waals surface area contributed by atoms with Crippen molar-refractivity contribution in [3.63, 3.8) is 0 Å². The van der Waals surface area contributed by atoms with Gasteiger partial charge in [-0.05, 0) is 59.8 Å². The van der Waals surface area contributed by atoms with Gasteiger partial charge in [0.25, 0.3) is 0 Å². The van der Waals surface area contributed by atoms with Crippen molar-refractivity contribution in [1.29, 1.82) is 0 Å². The maximum atomic E-state index is 14.6. The average molecular weight is 517 g/mol. The molecule has 0 N–H and O–H groups in total. The van der Waals surface area contributed by atoms with Crippen LogP contribution in [0.2, 0.25) is 0 Å². The van der Waals surface area contributed by atoms with Gasteiger partial charge < -0.3 is 9.47 Å². The topological polar surface area (TPSA) is 42.0 Å². The van der Waals surface area contributed by atoms with E-state index in [9.17, 15) is 4.79 Å². The van der Waals surface area contributed by atoms with Crippen molar-refractivity contribution in [2.45, 2.75) is 76.3 Å². The number of benzene rings is 2. The molecule has 4 aliphatic rings. The number of hydrogen-bond acceptors (Lipinski definition) is 5. The molecule has 2 aromatic rings. The number of carbonyl (C=O) groups excluding carboxylic acids is 1. The number of nitrogens with zero attached hydrogens (tertiary/aromatic N) is 2. The lowest BCUT2D eigenvalue weighted by Gasteiger charge is -2.30. The van der Waals surface area contributed by atoms with Gasteiger partial charge in [-0.15, -0.1) is 0 Å². The molecular formula is C33H44N2O3. The SMILES string of the molecule is O=C(c1cccc(CN2CCOCC2)c1C1CCCC1)c1cccc(CN2CCOCC2)c1C1CCCC1. The molecule has 2 aliphatic heterocycles. The fourth-order valence-corrected chi connectivity index (χ4v) is 7.44. The number of morpholine rings is 2. The van der Waals surface area contributed by atoms with Gasteiger partial charge in [0, 0.05) is 50.4 Å². The summed E-state index contributed by atoms with van der Waals surface area (Å²) in [7, 11) is 0. The average Bonchev–Trinajstić information content (AvgIpc) is 3.69. The highest BCUT2D eigenvalue weighted by Crippen LogP contribution is 2.42. The van der Waals surface area contributed by atoms with E-state index in [1.165, 1.54) is 73.6 Å². The van der Waals surface area contributed by atoms with Crippen LogP contribution >= 0.6 is 0 Å². The summed E-state index contributed by atoms with van der Waals surface area (Å²) < 4.78 is 11.2. The van der Waals surface area contributed by atoms with Crippen LogP contribution in [-0.2, 0) is 22.6 Å². The molecule has 6 rings (SSSR count). The van der Waals surface area contributed by atoms with Crippen LogP contribution in [-0.4, -0.2) is 68.2 Å². The molecule has 0 spiro atoms. The summed E-state index contributed by atoms with van der Waals surface area (Å²) in [6.45, 7) is 8.93. The summed E-state index contributed by atoms with van der Waals surface area (Å²) >= 11 is 0. The third kappa shape index (κ3) is 5.77. The van der Waals surface area contributed by atoms with E-state index in [4.69, 9.17) is 9.47 Å². The standard InChI is InChI=1S/C33H44N2O3/c36-33(29-13-5-11-27(23-34-15-19-37-20-16-34)31(29)25-7-1-2-8-25)30-14-6-12-28(24-35-17-21-38-22-18-35)32(30)26-9-3-4-10-26/h5-6,11-14,25-26H,1-4,7-10,15-24H2. The van der Waals surface area contributed by atoms with Crippen LogP contribution in [0.15, 0.2) is 36.4 Å². The van der Waals surface area contributed by atoms with Gasteiger partial charge >= 0.3 is 0 Å². The van der Waals surface area contributed by atoms with Crippen molar-refractivity contribution in [2.24, 2.45) is 0 Å². The Bertz CT molecular complexity index is 1010. The predicted octanol–water partition coefficient (Wildman–Crippen LogP) is 5.90. The molecular weight excluding hydrogens is 472 g/mol. The Hall–Kier alpha value is -2.05. The predicted molar refractivity (Wildman–Crippen MR) is 151 cm³/mol. The van der Waals surface area contributed by atoms with Crippen LogP contribution in [0, 0.1) is 0 Å². The first kappa shape index (κ1) is 26.2. The van der Waals surface area contributed by atoms with Crippen molar-refractivity contribution in [2.75, 3.05) is 52.6 Å². The molecule has 5 heteroatoms. The summed E-state index contributed by atoms with van der Waals surface area (Å²) in [4.78, 5) is 19.6. The molecule has 0 unspecified atom stereocenters. The highest BCUT2D eigenvalue weighted by molar-refractivity contribution is 6.11. The molecule has 38 heavy (non-hydrogen) atoms. The lowest BCUT2D eigenvalue weighted by molar-refractivity contribution is 0.0340. The summed E-state index contributed by atoms with van der Waals surface area (Å²) in [6, 6.07) is 13.1. The van der Waals surface area contributed by atoms with Gasteiger partial charge in [-0.1, -0.05) is 62.1 Å². The fourth-order valence-electron chi connectivity index (χ4n) is 7.44. The highest BCUT2D eigenvalue weighted by atomic mass is 16.5. The van der Waals surface area contributed by atoms with Gasteiger partial charge in [0.1, 0.15) is 0 Å². The number of hydrogen-bond donors (Lipinski definition) is 0. The molecule has 2 aliphatic carbocycles. The van der Waals surface area contributed by atoms with Crippen molar-refractivity contribution < 1.29 is 14.3 Å². The molecule has 0 bridgehead atoms. The zero-order valence-electron chi connectivity index (χ0n) is 23.0. The van der Waals surface area contributed by atoms with E-state index in [-0.39, 0.29) is 5.78 Å². The lowest BCUT2D eigenvalue weighted by Crippen LogP contribution is -2.36. The van der Waals surface area contributed by atoms with Gasteiger partial charge in [0.05, 0.1) is 26.4 Å².